The van der Waals surface area contributed by atoms with E-state index in [1.165, 1.54) is 23.4 Å². The first kappa shape index (κ1) is 21.8. The predicted octanol–water partition coefficient (Wildman–Crippen LogP) is 1.63. The van der Waals surface area contributed by atoms with Gasteiger partial charge in [0.25, 0.3) is 5.56 Å². The summed E-state index contributed by atoms with van der Waals surface area (Å²) < 4.78 is 2.38. The van der Waals surface area contributed by atoms with Crippen molar-refractivity contribution in [2.75, 3.05) is 5.75 Å². The second kappa shape index (κ2) is 9.25. The number of carbonyl (C=O) groups is 1. The molecule has 0 fully saturated rings. The number of thioether (sulfide) groups is 1. The van der Waals surface area contributed by atoms with E-state index < -0.39 is 11.2 Å². The number of nitrogens with zero attached hydrogens (tertiary/aromatic N) is 4. The molecule has 0 atom stereocenters. The molecule has 158 valence electrons. The molecule has 0 spiro atoms. The fourth-order valence-corrected chi connectivity index (χ4v) is 3.88. The van der Waals surface area contributed by atoms with Gasteiger partial charge in [-0.15, -0.1) is 0 Å². The van der Waals surface area contributed by atoms with Crippen LogP contribution in [0, 0.1) is 5.92 Å². The molecular weight excluding hydrogens is 402 g/mol. The van der Waals surface area contributed by atoms with Crippen LogP contribution < -0.4 is 16.6 Å². The van der Waals surface area contributed by atoms with Gasteiger partial charge in [-0.2, -0.15) is 0 Å². The second-order valence-corrected chi connectivity index (χ2v) is 8.46. The van der Waals surface area contributed by atoms with E-state index in [9.17, 15) is 14.4 Å². The molecule has 0 saturated heterocycles. The van der Waals surface area contributed by atoms with Crippen LogP contribution in [0.25, 0.3) is 11.0 Å². The first-order valence-electron chi connectivity index (χ1n) is 9.68. The maximum absolute atomic E-state index is 12.8. The van der Waals surface area contributed by atoms with Crippen molar-refractivity contribution in [2.45, 2.75) is 31.8 Å². The SMILES string of the molecule is CC(C)Cc1nc(SCC(=O)NCc2ccccc2)c2c(=O)n(C)c(=O)n(C)c2n1. The molecule has 8 nitrogen and oxygen atoms in total. The number of hydrogen-bond acceptors (Lipinski definition) is 6. The standard InChI is InChI=1S/C21H25N5O3S/c1-13(2)10-15-23-18-17(20(28)26(4)21(29)25(18)3)19(24-15)30-12-16(27)22-11-14-8-6-5-7-9-14/h5-9,13H,10-12H2,1-4H3,(H,22,27). The molecule has 0 aliphatic rings. The lowest BCUT2D eigenvalue weighted by atomic mass is 10.1. The summed E-state index contributed by atoms with van der Waals surface area (Å²) in [5.74, 6) is 0.792. The van der Waals surface area contributed by atoms with Crippen molar-refractivity contribution >= 4 is 28.7 Å². The molecule has 0 aliphatic carbocycles. The van der Waals surface area contributed by atoms with E-state index in [0.29, 0.717) is 35.4 Å². The molecule has 2 heterocycles. The Labute approximate surface area is 178 Å². The van der Waals surface area contributed by atoms with Gasteiger partial charge in [-0.1, -0.05) is 55.9 Å². The van der Waals surface area contributed by atoms with Gasteiger partial charge in [-0.3, -0.25) is 18.7 Å². The van der Waals surface area contributed by atoms with Gasteiger partial charge in [0.05, 0.1) is 5.75 Å². The van der Waals surface area contributed by atoms with Crippen molar-refractivity contribution in [1.29, 1.82) is 0 Å². The Morgan fingerprint density at radius 2 is 1.80 bits per heavy atom. The lowest BCUT2D eigenvalue weighted by molar-refractivity contribution is -0.118. The smallest absolute Gasteiger partial charge is 0.332 e. The molecule has 3 aromatic rings. The van der Waals surface area contributed by atoms with Crippen molar-refractivity contribution in [3.63, 3.8) is 0 Å². The zero-order chi connectivity index (χ0) is 21.8. The van der Waals surface area contributed by atoms with Crippen molar-refractivity contribution in [3.8, 4) is 0 Å². The average molecular weight is 428 g/mol. The number of benzene rings is 1. The number of rotatable bonds is 7. The number of carbonyl (C=O) groups excluding carboxylic acids is 1. The first-order chi connectivity index (χ1) is 14.3. The van der Waals surface area contributed by atoms with E-state index in [-0.39, 0.29) is 17.0 Å². The van der Waals surface area contributed by atoms with Gasteiger partial charge in [0.1, 0.15) is 16.2 Å². The number of fused-ring (bicyclic) bond motifs is 1. The zero-order valence-corrected chi connectivity index (χ0v) is 18.3. The largest absolute Gasteiger partial charge is 0.351 e. The van der Waals surface area contributed by atoms with Crippen LogP contribution in [0.2, 0.25) is 0 Å². The fraction of sp³-hybridized carbons (Fsp3) is 0.381. The van der Waals surface area contributed by atoms with Crippen molar-refractivity contribution in [3.05, 3.63) is 62.6 Å². The van der Waals surface area contributed by atoms with Gasteiger partial charge in [0.2, 0.25) is 5.91 Å². The van der Waals surface area contributed by atoms with Crippen molar-refractivity contribution in [2.24, 2.45) is 20.0 Å². The van der Waals surface area contributed by atoms with Crippen LogP contribution >= 0.6 is 11.8 Å². The number of hydrogen-bond donors (Lipinski definition) is 1. The lowest BCUT2D eigenvalue weighted by Gasteiger charge is -2.12. The maximum Gasteiger partial charge on any atom is 0.332 e. The second-order valence-electron chi connectivity index (χ2n) is 7.50. The predicted molar refractivity (Wildman–Crippen MR) is 118 cm³/mol. The van der Waals surface area contributed by atoms with E-state index in [0.717, 1.165) is 10.1 Å². The minimum absolute atomic E-state index is 0.103. The summed E-state index contributed by atoms with van der Waals surface area (Å²) in [6.07, 6.45) is 0.604. The molecule has 1 aromatic carbocycles. The molecule has 0 bridgehead atoms. The normalized spacial score (nSPS) is 11.2. The molecule has 9 heteroatoms. The van der Waals surface area contributed by atoms with E-state index in [1.807, 2.05) is 44.2 Å². The number of amides is 1. The summed E-state index contributed by atoms with van der Waals surface area (Å²) in [5, 5.41) is 3.54. The first-order valence-corrected chi connectivity index (χ1v) is 10.7. The van der Waals surface area contributed by atoms with Gasteiger partial charge in [0.15, 0.2) is 5.65 Å². The minimum atomic E-state index is -0.462. The summed E-state index contributed by atoms with van der Waals surface area (Å²) in [6, 6.07) is 9.63. The van der Waals surface area contributed by atoms with Gasteiger partial charge in [-0.05, 0) is 11.5 Å². The molecule has 0 saturated carbocycles. The summed E-state index contributed by atoms with van der Waals surface area (Å²) in [4.78, 5) is 46.5. The maximum atomic E-state index is 12.8. The lowest BCUT2D eigenvalue weighted by Crippen LogP contribution is -2.38. The Balaban J connectivity index is 1.90. The van der Waals surface area contributed by atoms with Crippen molar-refractivity contribution < 1.29 is 4.79 Å². The van der Waals surface area contributed by atoms with Crippen molar-refractivity contribution in [1.82, 2.24) is 24.4 Å². The van der Waals surface area contributed by atoms with E-state index in [1.54, 1.807) is 7.05 Å². The number of nitrogens with one attached hydrogen (secondary N) is 1. The molecule has 2 aromatic heterocycles. The van der Waals surface area contributed by atoms with Crippen LogP contribution in [0.1, 0.15) is 25.2 Å². The van der Waals surface area contributed by atoms with E-state index in [4.69, 9.17) is 0 Å². The third kappa shape index (κ3) is 4.79. The minimum Gasteiger partial charge on any atom is -0.351 e. The van der Waals surface area contributed by atoms with E-state index >= 15 is 0 Å². The molecule has 0 unspecified atom stereocenters. The topological polar surface area (TPSA) is 98.9 Å². The molecule has 0 radical (unpaired) electrons. The average Bonchev–Trinajstić information content (AvgIpc) is 2.73. The highest BCUT2D eigenvalue weighted by atomic mass is 32.2. The Bertz CT molecular complexity index is 1190. The highest BCUT2D eigenvalue weighted by molar-refractivity contribution is 8.00. The Kier molecular flexibility index (Phi) is 6.71. The zero-order valence-electron chi connectivity index (χ0n) is 17.5. The van der Waals surface area contributed by atoms with E-state index in [2.05, 4.69) is 15.3 Å². The number of aryl methyl sites for hydroxylation is 1. The van der Waals surface area contributed by atoms with Crippen LogP contribution in [0.15, 0.2) is 44.9 Å². The van der Waals surface area contributed by atoms with Gasteiger partial charge in [-0.25, -0.2) is 14.8 Å². The molecular formula is C21H25N5O3S. The number of aromatic nitrogens is 4. The highest BCUT2D eigenvalue weighted by Gasteiger charge is 2.18. The van der Waals surface area contributed by atoms with Crippen LogP contribution in [-0.2, 0) is 31.9 Å². The molecule has 0 aliphatic heterocycles. The highest BCUT2D eigenvalue weighted by Crippen LogP contribution is 2.23. The molecule has 1 amide bonds. The molecule has 30 heavy (non-hydrogen) atoms. The Morgan fingerprint density at radius 3 is 2.47 bits per heavy atom. The van der Waals surface area contributed by atoms with Gasteiger partial charge >= 0.3 is 5.69 Å². The van der Waals surface area contributed by atoms with Gasteiger partial charge in [0, 0.05) is 27.1 Å². The third-order valence-electron chi connectivity index (χ3n) is 4.58. The van der Waals surface area contributed by atoms with Crippen LogP contribution in [0.4, 0.5) is 0 Å². The summed E-state index contributed by atoms with van der Waals surface area (Å²) in [6.45, 7) is 4.51. The fourth-order valence-electron chi connectivity index (χ4n) is 3.01. The summed E-state index contributed by atoms with van der Waals surface area (Å²) >= 11 is 1.18. The quantitative estimate of drug-likeness (QED) is 0.455. The van der Waals surface area contributed by atoms with Gasteiger partial charge < -0.3 is 5.32 Å². The van der Waals surface area contributed by atoms with Crippen LogP contribution in [-0.4, -0.2) is 30.8 Å². The molecule has 1 N–H and O–H groups in total. The third-order valence-corrected chi connectivity index (χ3v) is 5.55. The Morgan fingerprint density at radius 1 is 1.10 bits per heavy atom. The van der Waals surface area contributed by atoms with Crippen LogP contribution in [0.5, 0.6) is 0 Å². The Hall–Kier alpha value is -2.94. The molecule has 3 rings (SSSR count). The summed E-state index contributed by atoms with van der Waals surface area (Å²) in [7, 11) is 3.00. The monoisotopic (exact) mass is 427 g/mol. The van der Waals surface area contributed by atoms with Crippen LogP contribution in [0.3, 0.4) is 0 Å². The summed E-state index contributed by atoms with van der Waals surface area (Å²) in [5.41, 5.74) is 0.391.